The molecule has 2 aliphatic heterocycles. The van der Waals surface area contributed by atoms with Gasteiger partial charge in [-0.05, 0) is 6.42 Å². The first-order valence-electron chi connectivity index (χ1n) is 3.94. The summed E-state index contributed by atoms with van der Waals surface area (Å²) < 4.78 is 0. The van der Waals surface area contributed by atoms with Gasteiger partial charge in [0.2, 0.25) is 0 Å². The van der Waals surface area contributed by atoms with Gasteiger partial charge in [0.05, 0.1) is 23.6 Å². The molecule has 0 aromatic heterocycles. The van der Waals surface area contributed by atoms with Crippen molar-refractivity contribution in [2.75, 3.05) is 13.1 Å². The molecule has 2 aliphatic rings. The van der Waals surface area contributed by atoms with Crippen LogP contribution in [0.15, 0.2) is 0 Å². The van der Waals surface area contributed by atoms with Crippen LogP contribution in [0.1, 0.15) is 6.42 Å². The Balaban J connectivity index is 2.13. The number of aliphatic hydroxyl groups is 2. The Kier molecular flexibility index (Phi) is 1.84. The molecule has 2 rings (SSSR count). The van der Waals surface area contributed by atoms with E-state index >= 15 is 0 Å². The summed E-state index contributed by atoms with van der Waals surface area (Å²) in [4.78, 5) is 2.06. The molecule has 2 N–H and O–H groups in total. The fourth-order valence-electron chi connectivity index (χ4n) is 2.06. The maximum atomic E-state index is 9.46. The molecule has 0 aromatic rings. The molecule has 0 spiro atoms. The van der Waals surface area contributed by atoms with Gasteiger partial charge in [-0.15, -0.1) is 11.6 Å². The lowest BCUT2D eigenvalue weighted by Gasteiger charge is -2.18. The molecule has 64 valence electrons. The quantitative estimate of drug-likeness (QED) is 0.486. The topological polar surface area (TPSA) is 43.7 Å². The first kappa shape index (κ1) is 7.80. The zero-order valence-corrected chi connectivity index (χ0v) is 6.91. The Labute approximate surface area is 70.6 Å². The summed E-state index contributed by atoms with van der Waals surface area (Å²) in [6.07, 6.45) is -0.308. The van der Waals surface area contributed by atoms with E-state index in [0.717, 1.165) is 13.0 Å². The van der Waals surface area contributed by atoms with Crippen LogP contribution in [0.25, 0.3) is 0 Å². The second-order valence-corrected chi connectivity index (χ2v) is 3.91. The highest BCUT2D eigenvalue weighted by Crippen LogP contribution is 2.31. The lowest BCUT2D eigenvalue weighted by Crippen LogP contribution is -2.36. The summed E-state index contributed by atoms with van der Waals surface area (Å²) in [7, 11) is 0. The minimum Gasteiger partial charge on any atom is -0.389 e. The average Bonchev–Trinajstić information content (AvgIpc) is 2.41. The van der Waals surface area contributed by atoms with E-state index < -0.39 is 12.2 Å². The summed E-state index contributed by atoms with van der Waals surface area (Å²) >= 11 is 5.96. The number of alkyl halides is 1. The highest BCUT2D eigenvalue weighted by atomic mass is 35.5. The molecule has 3 nitrogen and oxygen atoms in total. The van der Waals surface area contributed by atoms with Crippen molar-refractivity contribution in [1.29, 1.82) is 0 Å². The van der Waals surface area contributed by atoms with Gasteiger partial charge in [0.1, 0.15) is 0 Å². The SMILES string of the molecule is OC1C2C(Cl)CCN2C[C@H]1O. The van der Waals surface area contributed by atoms with E-state index in [9.17, 15) is 10.2 Å². The first-order valence-corrected chi connectivity index (χ1v) is 4.38. The number of hydrogen-bond donors (Lipinski definition) is 2. The van der Waals surface area contributed by atoms with Gasteiger partial charge in [0.25, 0.3) is 0 Å². The van der Waals surface area contributed by atoms with Crippen LogP contribution in [0, 0.1) is 0 Å². The van der Waals surface area contributed by atoms with Gasteiger partial charge in [0, 0.05) is 13.1 Å². The summed E-state index contributed by atoms with van der Waals surface area (Å²) in [6, 6.07) is -0.00772. The van der Waals surface area contributed by atoms with Crippen molar-refractivity contribution in [3.05, 3.63) is 0 Å². The monoisotopic (exact) mass is 177 g/mol. The molecule has 4 heteroatoms. The average molecular weight is 178 g/mol. The molecule has 0 bridgehead atoms. The van der Waals surface area contributed by atoms with Crippen LogP contribution in [0.3, 0.4) is 0 Å². The molecule has 0 saturated carbocycles. The molecule has 2 fully saturated rings. The molecule has 0 amide bonds. The summed E-state index contributed by atoms with van der Waals surface area (Å²) in [5.74, 6) is 0. The Morgan fingerprint density at radius 3 is 2.73 bits per heavy atom. The van der Waals surface area contributed by atoms with Crippen molar-refractivity contribution >= 4 is 11.6 Å². The van der Waals surface area contributed by atoms with Gasteiger partial charge in [0.15, 0.2) is 0 Å². The Hall–Kier alpha value is 0.170. The highest BCUT2D eigenvalue weighted by Gasteiger charge is 2.46. The molecule has 4 atom stereocenters. The van der Waals surface area contributed by atoms with Gasteiger partial charge in [-0.2, -0.15) is 0 Å². The van der Waals surface area contributed by atoms with E-state index in [1.54, 1.807) is 0 Å². The van der Waals surface area contributed by atoms with E-state index in [1.807, 2.05) is 0 Å². The van der Waals surface area contributed by atoms with Crippen molar-refractivity contribution < 1.29 is 10.2 Å². The number of halogens is 1. The van der Waals surface area contributed by atoms with Gasteiger partial charge in [-0.3, -0.25) is 4.90 Å². The molecule has 11 heavy (non-hydrogen) atoms. The third-order valence-electron chi connectivity index (χ3n) is 2.65. The van der Waals surface area contributed by atoms with Crippen molar-refractivity contribution in [3.63, 3.8) is 0 Å². The van der Waals surface area contributed by atoms with Crippen molar-refractivity contribution in [1.82, 2.24) is 4.90 Å². The molecule has 3 unspecified atom stereocenters. The Bertz CT molecular complexity index is 165. The largest absolute Gasteiger partial charge is 0.389 e. The van der Waals surface area contributed by atoms with Gasteiger partial charge < -0.3 is 10.2 Å². The zero-order valence-electron chi connectivity index (χ0n) is 6.15. The predicted octanol–water partition coefficient (Wildman–Crippen LogP) is -0.597. The second kappa shape index (κ2) is 2.59. The predicted molar refractivity (Wildman–Crippen MR) is 41.6 cm³/mol. The van der Waals surface area contributed by atoms with Gasteiger partial charge in [-0.1, -0.05) is 0 Å². The standard InChI is InChI=1S/C7H12ClNO2/c8-4-1-2-9-3-5(10)7(11)6(4)9/h4-7,10-11H,1-3H2/t4?,5-,6?,7?/m1/s1. The molecule has 2 saturated heterocycles. The first-order chi connectivity index (χ1) is 5.20. The molecule has 2 heterocycles. The van der Waals surface area contributed by atoms with Crippen LogP contribution < -0.4 is 0 Å². The lowest BCUT2D eigenvalue weighted by atomic mass is 10.1. The smallest absolute Gasteiger partial charge is 0.0980 e. The van der Waals surface area contributed by atoms with Crippen LogP contribution in [-0.2, 0) is 0 Å². The number of nitrogens with zero attached hydrogens (tertiary/aromatic N) is 1. The van der Waals surface area contributed by atoms with E-state index in [2.05, 4.69) is 4.90 Å². The van der Waals surface area contributed by atoms with Crippen molar-refractivity contribution in [3.8, 4) is 0 Å². The van der Waals surface area contributed by atoms with Gasteiger partial charge in [-0.25, -0.2) is 0 Å². The summed E-state index contributed by atoms with van der Waals surface area (Å²) in [5, 5.41) is 18.7. The lowest BCUT2D eigenvalue weighted by molar-refractivity contribution is 0.0400. The van der Waals surface area contributed by atoms with Crippen LogP contribution in [0.2, 0.25) is 0 Å². The number of hydrogen-bond acceptors (Lipinski definition) is 3. The maximum Gasteiger partial charge on any atom is 0.0980 e. The zero-order chi connectivity index (χ0) is 8.01. The fraction of sp³-hybridized carbons (Fsp3) is 1.00. The Morgan fingerprint density at radius 1 is 1.36 bits per heavy atom. The fourth-order valence-corrected chi connectivity index (χ4v) is 2.46. The normalized spacial score (nSPS) is 51.5. The summed E-state index contributed by atoms with van der Waals surface area (Å²) in [5.41, 5.74) is 0. The molecule has 0 radical (unpaired) electrons. The maximum absolute atomic E-state index is 9.46. The number of aliphatic hydroxyl groups excluding tert-OH is 2. The minimum absolute atomic E-state index is 0.00772. The second-order valence-electron chi connectivity index (χ2n) is 3.35. The van der Waals surface area contributed by atoms with Crippen molar-refractivity contribution in [2.24, 2.45) is 0 Å². The van der Waals surface area contributed by atoms with Crippen LogP contribution >= 0.6 is 11.6 Å². The van der Waals surface area contributed by atoms with Gasteiger partial charge >= 0.3 is 0 Å². The van der Waals surface area contributed by atoms with Crippen LogP contribution in [0.5, 0.6) is 0 Å². The third-order valence-corrected chi connectivity index (χ3v) is 3.13. The number of rotatable bonds is 0. The van der Waals surface area contributed by atoms with E-state index in [-0.39, 0.29) is 11.4 Å². The third kappa shape index (κ3) is 1.07. The molecule has 0 aromatic carbocycles. The molecule has 0 aliphatic carbocycles. The molecular weight excluding hydrogens is 166 g/mol. The highest BCUT2D eigenvalue weighted by molar-refractivity contribution is 6.21. The Morgan fingerprint density at radius 2 is 2.09 bits per heavy atom. The summed E-state index contributed by atoms with van der Waals surface area (Å²) in [6.45, 7) is 1.49. The van der Waals surface area contributed by atoms with E-state index in [4.69, 9.17) is 11.6 Å². The van der Waals surface area contributed by atoms with E-state index in [0.29, 0.717) is 6.54 Å². The van der Waals surface area contributed by atoms with Crippen LogP contribution in [0.4, 0.5) is 0 Å². The van der Waals surface area contributed by atoms with Crippen molar-refractivity contribution in [2.45, 2.75) is 30.0 Å². The number of fused-ring (bicyclic) bond motifs is 1. The van der Waals surface area contributed by atoms with E-state index in [1.165, 1.54) is 0 Å². The van der Waals surface area contributed by atoms with Crippen LogP contribution in [-0.4, -0.2) is 51.8 Å². The minimum atomic E-state index is -0.639. The molecular formula is C7H12ClNO2.